The number of hydrogen-bond acceptors (Lipinski definition) is 9. The van der Waals surface area contributed by atoms with E-state index in [4.69, 9.17) is 18.9 Å². The summed E-state index contributed by atoms with van der Waals surface area (Å²) in [6.07, 6.45) is 1.37. The Kier molecular flexibility index (Phi) is 7.54. The number of amides is 1. The number of rotatable bonds is 10. The maximum atomic E-state index is 12.3. The van der Waals surface area contributed by atoms with Crippen molar-refractivity contribution in [1.82, 2.24) is 20.3 Å². The number of nitrogens with zero attached hydrogens (tertiary/aromatic N) is 3. The van der Waals surface area contributed by atoms with Crippen LogP contribution in [-0.2, 0) is 46.5 Å². The maximum Gasteiger partial charge on any atom is 0.306 e. The van der Waals surface area contributed by atoms with Crippen LogP contribution in [0, 0.1) is 0 Å². The van der Waals surface area contributed by atoms with Crippen molar-refractivity contribution < 1.29 is 33.3 Å². The van der Waals surface area contributed by atoms with Crippen LogP contribution in [0.3, 0.4) is 0 Å². The quantitative estimate of drug-likeness (QED) is 0.321. The maximum absolute atomic E-state index is 12.3. The zero-order chi connectivity index (χ0) is 23.0. The monoisotopic (exact) mass is 446 g/mol. The molecule has 0 saturated carbocycles. The molecule has 1 amide bonds. The van der Waals surface area contributed by atoms with Crippen LogP contribution in [0.5, 0.6) is 0 Å². The molecule has 1 aliphatic rings. The van der Waals surface area contributed by atoms with Gasteiger partial charge in [-0.15, -0.1) is 5.10 Å². The molecule has 1 saturated heterocycles. The van der Waals surface area contributed by atoms with Crippen LogP contribution in [0.25, 0.3) is 0 Å². The molecule has 0 unspecified atom stereocenters. The highest BCUT2D eigenvalue weighted by Crippen LogP contribution is 2.24. The number of aromatic nitrogens is 3. The normalized spacial score (nSPS) is 16.7. The third-order valence-corrected chi connectivity index (χ3v) is 4.66. The van der Waals surface area contributed by atoms with Gasteiger partial charge < -0.3 is 24.3 Å². The van der Waals surface area contributed by atoms with Crippen LogP contribution in [0.4, 0.5) is 0 Å². The van der Waals surface area contributed by atoms with Gasteiger partial charge in [-0.25, -0.2) is 4.68 Å². The Balaban J connectivity index is 1.41. The first-order chi connectivity index (χ1) is 15.3. The molecule has 11 nitrogen and oxygen atoms in total. The molecule has 1 N–H and O–H groups in total. The van der Waals surface area contributed by atoms with E-state index in [-0.39, 0.29) is 39.1 Å². The van der Waals surface area contributed by atoms with Crippen LogP contribution in [0.15, 0.2) is 36.5 Å². The van der Waals surface area contributed by atoms with Crippen LogP contribution in [0.2, 0.25) is 0 Å². The van der Waals surface area contributed by atoms with Gasteiger partial charge in [-0.1, -0.05) is 35.5 Å². The van der Waals surface area contributed by atoms with E-state index in [0.29, 0.717) is 12.2 Å². The van der Waals surface area contributed by atoms with Crippen LogP contribution in [-0.4, -0.2) is 58.1 Å². The molecule has 0 aliphatic carbocycles. The average molecular weight is 446 g/mol. The molecule has 2 heterocycles. The highest BCUT2D eigenvalue weighted by Gasteiger charge is 2.43. The van der Waals surface area contributed by atoms with Crippen molar-refractivity contribution in [2.24, 2.45) is 0 Å². The second-order valence-corrected chi connectivity index (χ2v) is 7.79. The van der Waals surface area contributed by atoms with Crippen molar-refractivity contribution in [2.75, 3.05) is 13.2 Å². The molecule has 11 heteroatoms. The third kappa shape index (κ3) is 6.86. The number of carbonyl (C=O) groups excluding carboxylic acids is 3. The number of ether oxygens (including phenoxy) is 4. The molecule has 1 aliphatic heterocycles. The van der Waals surface area contributed by atoms with Gasteiger partial charge in [0.2, 0.25) is 11.6 Å². The van der Waals surface area contributed by atoms with E-state index in [1.54, 1.807) is 24.7 Å². The lowest BCUT2D eigenvalue weighted by Gasteiger charge is -2.42. The molecular formula is C21H26N4O7. The fraction of sp³-hybridized carbons (Fsp3) is 0.476. The molecule has 2 aromatic rings. The lowest BCUT2D eigenvalue weighted by Crippen LogP contribution is -2.62. The zero-order valence-corrected chi connectivity index (χ0v) is 18.0. The van der Waals surface area contributed by atoms with Crippen molar-refractivity contribution in [1.29, 1.82) is 0 Å². The Morgan fingerprint density at radius 1 is 1.19 bits per heavy atom. The van der Waals surface area contributed by atoms with Crippen molar-refractivity contribution in [3.05, 3.63) is 47.8 Å². The summed E-state index contributed by atoms with van der Waals surface area (Å²) in [7, 11) is 0. The van der Waals surface area contributed by atoms with Gasteiger partial charge in [0.1, 0.15) is 25.5 Å². The Bertz CT molecular complexity index is 919. The van der Waals surface area contributed by atoms with Crippen LogP contribution in [0.1, 0.15) is 37.9 Å². The fourth-order valence-corrected chi connectivity index (χ4v) is 2.94. The van der Waals surface area contributed by atoms with Gasteiger partial charge >= 0.3 is 5.97 Å². The van der Waals surface area contributed by atoms with Crippen LogP contribution >= 0.6 is 0 Å². The summed E-state index contributed by atoms with van der Waals surface area (Å²) >= 11 is 0. The molecule has 32 heavy (non-hydrogen) atoms. The Morgan fingerprint density at radius 3 is 2.59 bits per heavy atom. The van der Waals surface area contributed by atoms with E-state index in [1.165, 1.54) is 0 Å². The summed E-state index contributed by atoms with van der Waals surface area (Å²) in [6.45, 7) is 3.97. The van der Waals surface area contributed by atoms with E-state index in [9.17, 15) is 14.4 Å². The average Bonchev–Trinajstić information content (AvgIpc) is 3.21. The van der Waals surface area contributed by atoms with Gasteiger partial charge in [0.25, 0.3) is 6.47 Å². The molecule has 3 rings (SSSR count). The zero-order valence-electron chi connectivity index (χ0n) is 18.0. The second-order valence-electron chi connectivity index (χ2n) is 7.79. The fourth-order valence-electron chi connectivity index (χ4n) is 2.94. The van der Waals surface area contributed by atoms with E-state index < -0.39 is 23.4 Å². The molecule has 0 atom stereocenters. The predicted octanol–water partition coefficient (Wildman–Crippen LogP) is 0.918. The molecule has 0 radical (unpaired) electrons. The summed E-state index contributed by atoms with van der Waals surface area (Å²) in [6, 6.07) is 9.76. The molecule has 1 aromatic carbocycles. The Morgan fingerprint density at radius 2 is 1.91 bits per heavy atom. The summed E-state index contributed by atoms with van der Waals surface area (Å²) in [5.74, 6) is -1.93. The standard InChI is InChI=1S/C21H26N4O7/c1-20(2)30-13-21(14-31-20,32-15-26)22-18(27)8-9-19(28)29-12-17-11-25(24-23-17)10-16-6-4-3-5-7-16/h3-7,11,15H,8-10,12-14H2,1-2H3,(H,22,27). The van der Waals surface area contributed by atoms with Crippen molar-refractivity contribution in [2.45, 2.75) is 51.4 Å². The Labute approximate surface area is 185 Å². The van der Waals surface area contributed by atoms with Gasteiger partial charge in [0, 0.05) is 6.42 Å². The number of esters is 1. The van der Waals surface area contributed by atoms with E-state index in [1.807, 2.05) is 30.3 Å². The van der Waals surface area contributed by atoms with E-state index in [2.05, 4.69) is 15.6 Å². The molecule has 1 fully saturated rings. The van der Waals surface area contributed by atoms with Crippen molar-refractivity contribution in [3.63, 3.8) is 0 Å². The molecule has 172 valence electrons. The van der Waals surface area contributed by atoms with Crippen molar-refractivity contribution >= 4 is 18.3 Å². The largest absolute Gasteiger partial charge is 0.459 e. The summed E-state index contributed by atoms with van der Waals surface area (Å²) in [5, 5.41) is 10.5. The first-order valence-electron chi connectivity index (χ1n) is 10.1. The number of hydrogen-bond donors (Lipinski definition) is 1. The van der Waals surface area contributed by atoms with Gasteiger partial charge in [0.05, 0.1) is 19.2 Å². The molecule has 0 bridgehead atoms. The first-order valence-corrected chi connectivity index (χ1v) is 10.1. The SMILES string of the molecule is CC1(C)OCC(NC(=O)CCC(=O)OCc2cn(Cc3ccccc3)nn2)(OC=O)CO1. The number of carbonyl (C=O) groups is 3. The number of nitrogens with one attached hydrogen (secondary N) is 1. The van der Waals surface area contributed by atoms with Gasteiger partial charge in [-0.3, -0.25) is 14.4 Å². The van der Waals surface area contributed by atoms with Crippen molar-refractivity contribution in [3.8, 4) is 0 Å². The summed E-state index contributed by atoms with van der Waals surface area (Å²) in [4.78, 5) is 35.1. The van der Waals surface area contributed by atoms with Crippen LogP contribution < -0.4 is 5.32 Å². The smallest absolute Gasteiger partial charge is 0.306 e. The third-order valence-electron chi connectivity index (χ3n) is 4.66. The van der Waals surface area contributed by atoms with E-state index >= 15 is 0 Å². The molecule has 0 spiro atoms. The topological polar surface area (TPSA) is 131 Å². The minimum Gasteiger partial charge on any atom is -0.459 e. The Hall–Kier alpha value is -3.31. The minimum atomic E-state index is -1.44. The van der Waals surface area contributed by atoms with Gasteiger partial charge in [-0.2, -0.15) is 0 Å². The molecular weight excluding hydrogens is 420 g/mol. The summed E-state index contributed by atoms with van der Waals surface area (Å²) < 4.78 is 22.7. The molecule has 1 aromatic heterocycles. The minimum absolute atomic E-state index is 0.0514. The van der Waals surface area contributed by atoms with Gasteiger partial charge in [0.15, 0.2) is 5.79 Å². The second kappa shape index (κ2) is 10.3. The first kappa shape index (κ1) is 23.4. The highest BCUT2D eigenvalue weighted by atomic mass is 16.7. The predicted molar refractivity (Wildman–Crippen MR) is 109 cm³/mol. The van der Waals surface area contributed by atoms with Gasteiger partial charge in [-0.05, 0) is 19.4 Å². The summed E-state index contributed by atoms with van der Waals surface area (Å²) in [5.41, 5.74) is 0.131. The number of benzene rings is 1. The lowest BCUT2D eigenvalue weighted by atomic mass is 10.2. The highest BCUT2D eigenvalue weighted by molar-refractivity contribution is 5.81. The lowest BCUT2D eigenvalue weighted by molar-refractivity contribution is -0.307. The van der Waals surface area contributed by atoms with E-state index in [0.717, 1.165) is 5.56 Å².